The van der Waals surface area contributed by atoms with Gasteiger partial charge in [-0.05, 0) is 42.0 Å². The van der Waals surface area contributed by atoms with Crippen LogP contribution in [-0.2, 0) is 11.2 Å². The van der Waals surface area contributed by atoms with Crippen molar-refractivity contribution >= 4 is 17.6 Å². The Morgan fingerprint density at radius 1 is 0.962 bits per heavy atom. The van der Waals surface area contributed by atoms with E-state index in [0.717, 1.165) is 0 Å². The molecule has 1 aromatic heterocycles. The van der Waals surface area contributed by atoms with Crippen LogP contribution in [0, 0.1) is 0 Å². The van der Waals surface area contributed by atoms with E-state index in [1.54, 1.807) is 60.9 Å². The Bertz CT molecular complexity index is 926. The SMILES string of the molecule is O=C(Cc1cccc(C(=O)O)c1)Nc1cccc(Oc2ccncc2)c1. The van der Waals surface area contributed by atoms with Gasteiger partial charge in [-0.25, -0.2) is 4.79 Å². The highest BCUT2D eigenvalue weighted by atomic mass is 16.5. The van der Waals surface area contributed by atoms with Crippen LogP contribution in [0.3, 0.4) is 0 Å². The summed E-state index contributed by atoms with van der Waals surface area (Å²) in [7, 11) is 0. The topological polar surface area (TPSA) is 88.5 Å². The van der Waals surface area contributed by atoms with Crippen molar-refractivity contribution in [3.8, 4) is 11.5 Å². The van der Waals surface area contributed by atoms with Crippen LogP contribution < -0.4 is 10.1 Å². The summed E-state index contributed by atoms with van der Waals surface area (Å²) in [6, 6.07) is 16.8. The van der Waals surface area contributed by atoms with E-state index in [-0.39, 0.29) is 17.9 Å². The van der Waals surface area contributed by atoms with Gasteiger partial charge in [-0.3, -0.25) is 9.78 Å². The van der Waals surface area contributed by atoms with Crippen LogP contribution in [0.15, 0.2) is 73.1 Å². The Morgan fingerprint density at radius 3 is 2.50 bits per heavy atom. The number of amides is 1. The number of carboxylic acids is 1. The minimum Gasteiger partial charge on any atom is -0.478 e. The van der Waals surface area contributed by atoms with Gasteiger partial charge in [-0.2, -0.15) is 0 Å². The first kappa shape index (κ1) is 17.2. The van der Waals surface area contributed by atoms with E-state index in [1.807, 2.05) is 0 Å². The average Bonchev–Trinajstić information content (AvgIpc) is 2.63. The molecule has 0 fully saturated rings. The van der Waals surface area contributed by atoms with Crippen molar-refractivity contribution in [2.24, 2.45) is 0 Å². The first-order valence-corrected chi connectivity index (χ1v) is 7.90. The molecule has 3 rings (SSSR count). The zero-order valence-electron chi connectivity index (χ0n) is 13.8. The number of carbonyl (C=O) groups is 2. The number of benzene rings is 2. The van der Waals surface area contributed by atoms with E-state index in [9.17, 15) is 9.59 Å². The van der Waals surface area contributed by atoms with Gasteiger partial charge in [0.05, 0.1) is 12.0 Å². The van der Waals surface area contributed by atoms with Crippen molar-refractivity contribution in [2.75, 3.05) is 5.32 Å². The fraction of sp³-hybridized carbons (Fsp3) is 0.0500. The Morgan fingerprint density at radius 2 is 1.73 bits per heavy atom. The van der Waals surface area contributed by atoms with Crippen LogP contribution in [0.25, 0.3) is 0 Å². The number of hydrogen-bond acceptors (Lipinski definition) is 4. The van der Waals surface area contributed by atoms with Crippen LogP contribution in [0.5, 0.6) is 11.5 Å². The summed E-state index contributed by atoms with van der Waals surface area (Å²) in [5.74, 6) is -0.0299. The lowest BCUT2D eigenvalue weighted by Gasteiger charge is -2.09. The second-order valence-electron chi connectivity index (χ2n) is 5.54. The summed E-state index contributed by atoms with van der Waals surface area (Å²) in [6.07, 6.45) is 3.34. The fourth-order valence-electron chi connectivity index (χ4n) is 2.38. The largest absolute Gasteiger partial charge is 0.478 e. The number of hydrogen-bond donors (Lipinski definition) is 2. The average molecular weight is 348 g/mol. The van der Waals surface area contributed by atoms with Crippen LogP contribution >= 0.6 is 0 Å². The third-order valence-corrected chi connectivity index (χ3v) is 3.54. The van der Waals surface area contributed by atoms with E-state index < -0.39 is 5.97 Å². The predicted molar refractivity (Wildman–Crippen MR) is 96.5 cm³/mol. The number of nitrogens with zero attached hydrogens (tertiary/aromatic N) is 1. The maximum Gasteiger partial charge on any atom is 0.335 e. The summed E-state index contributed by atoms with van der Waals surface area (Å²) < 4.78 is 5.70. The minimum atomic E-state index is -1.02. The third kappa shape index (κ3) is 4.67. The first-order valence-electron chi connectivity index (χ1n) is 7.90. The van der Waals surface area contributed by atoms with Gasteiger partial charge < -0.3 is 15.2 Å². The van der Waals surface area contributed by atoms with Crippen molar-refractivity contribution in [1.29, 1.82) is 0 Å². The maximum absolute atomic E-state index is 12.2. The number of rotatable bonds is 6. The molecular weight excluding hydrogens is 332 g/mol. The molecule has 1 heterocycles. The van der Waals surface area contributed by atoms with Gasteiger partial charge in [0.1, 0.15) is 11.5 Å². The van der Waals surface area contributed by atoms with Crippen molar-refractivity contribution < 1.29 is 19.4 Å². The van der Waals surface area contributed by atoms with Gasteiger partial charge in [0.15, 0.2) is 0 Å². The van der Waals surface area contributed by atoms with Gasteiger partial charge in [0, 0.05) is 24.1 Å². The lowest BCUT2D eigenvalue weighted by atomic mass is 10.1. The van der Waals surface area contributed by atoms with Crippen LogP contribution in [0.1, 0.15) is 15.9 Å². The van der Waals surface area contributed by atoms with Crippen molar-refractivity contribution in [3.63, 3.8) is 0 Å². The van der Waals surface area contributed by atoms with Gasteiger partial charge >= 0.3 is 5.97 Å². The van der Waals surface area contributed by atoms with Gasteiger partial charge in [0.25, 0.3) is 0 Å². The quantitative estimate of drug-likeness (QED) is 0.708. The van der Waals surface area contributed by atoms with Crippen molar-refractivity contribution in [1.82, 2.24) is 4.98 Å². The molecule has 0 radical (unpaired) electrons. The zero-order chi connectivity index (χ0) is 18.4. The molecule has 2 N–H and O–H groups in total. The number of nitrogens with one attached hydrogen (secondary N) is 1. The Hall–Kier alpha value is -3.67. The summed E-state index contributed by atoms with van der Waals surface area (Å²) >= 11 is 0. The highest BCUT2D eigenvalue weighted by Crippen LogP contribution is 2.23. The molecule has 2 aromatic carbocycles. The van der Waals surface area contributed by atoms with Crippen molar-refractivity contribution in [2.45, 2.75) is 6.42 Å². The molecule has 0 bridgehead atoms. The number of aromatic carboxylic acids is 1. The van der Waals surface area contributed by atoms with Crippen LogP contribution in [0.2, 0.25) is 0 Å². The normalized spacial score (nSPS) is 10.2. The smallest absolute Gasteiger partial charge is 0.335 e. The lowest BCUT2D eigenvalue weighted by molar-refractivity contribution is -0.115. The lowest BCUT2D eigenvalue weighted by Crippen LogP contribution is -2.14. The molecule has 6 heteroatoms. The van der Waals surface area contributed by atoms with E-state index in [1.165, 1.54) is 12.1 Å². The molecule has 3 aromatic rings. The second kappa shape index (κ2) is 7.94. The molecule has 0 aliphatic rings. The molecule has 0 saturated heterocycles. The molecule has 130 valence electrons. The van der Waals surface area contributed by atoms with E-state index in [2.05, 4.69) is 10.3 Å². The Kier molecular flexibility index (Phi) is 5.24. The first-order chi connectivity index (χ1) is 12.6. The maximum atomic E-state index is 12.2. The second-order valence-corrected chi connectivity index (χ2v) is 5.54. The highest BCUT2D eigenvalue weighted by Gasteiger charge is 2.08. The Labute approximate surface area is 150 Å². The van der Waals surface area contributed by atoms with Gasteiger partial charge in [-0.1, -0.05) is 18.2 Å². The number of carbonyl (C=O) groups excluding carboxylic acids is 1. The highest BCUT2D eigenvalue weighted by molar-refractivity contribution is 5.93. The number of ether oxygens (including phenoxy) is 1. The molecule has 0 unspecified atom stereocenters. The summed E-state index contributed by atoms with van der Waals surface area (Å²) in [5, 5.41) is 11.8. The molecule has 0 aliphatic carbocycles. The van der Waals surface area contributed by atoms with Crippen LogP contribution in [-0.4, -0.2) is 22.0 Å². The molecule has 0 spiro atoms. The summed E-state index contributed by atoms with van der Waals surface area (Å²) in [5.41, 5.74) is 1.38. The summed E-state index contributed by atoms with van der Waals surface area (Å²) in [6.45, 7) is 0. The molecule has 26 heavy (non-hydrogen) atoms. The molecule has 0 atom stereocenters. The molecule has 6 nitrogen and oxygen atoms in total. The fourth-order valence-corrected chi connectivity index (χ4v) is 2.38. The monoisotopic (exact) mass is 348 g/mol. The van der Waals surface area contributed by atoms with E-state index in [4.69, 9.17) is 9.84 Å². The molecule has 0 aliphatic heterocycles. The number of anilines is 1. The number of carboxylic acid groups (broad SMARTS) is 1. The molecule has 0 saturated carbocycles. The minimum absolute atomic E-state index is 0.0799. The van der Waals surface area contributed by atoms with E-state index >= 15 is 0 Å². The zero-order valence-corrected chi connectivity index (χ0v) is 13.8. The van der Waals surface area contributed by atoms with E-state index in [0.29, 0.717) is 22.7 Å². The van der Waals surface area contributed by atoms with Gasteiger partial charge in [-0.15, -0.1) is 0 Å². The van der Waals surface area contributed by atoms with Crippen molar-refractivity contribution in [3.05, 3.63) is 84.2 Å². The predicted octanol–water partition coefficient (Wildman–Crippen LogP) is 3.75. The number of pyridine rings is 1. The van der Waals surface area contributed by atoms with Crippen LogP contribution in [0.4, 0.5) is 5.69 Å². The Balaban J connectivity index is 1.65. The molecule has 1 amide bonds. The molecular formula is C20H16N2O4. The summed E-state index contributed by atoms with van der Waals surface area (Å²) in [4.78, 5) is 27.2. The van der Waals surface area contributed by atoms with Gasteiger partial charge in [0.2, 0.25) is 5.91 Å². The standard InChI is InChI=1S/C20H16N2O4/c23-19(12-14-3-1-4-15(11-14)20(24)25)22-16-5-2-6-18(13-16)26-17-7-9-21-10-8-17/h1-11,13H,12H2,(H,22,23)(H,24,25). The third-order valence-electron chi connectivity index (χ3n) is 3.54. The number of aromatic nitrogens is 1.